The van der Waals surface area contributed by atoms with E-state index in [4.69, 9.17) is 27.9 Å². The first kappa shape index (κ1) is 17.3. The minimum absolute atomic E-state index is 0. The first-order chi connectivity index (χ1) is 8.63. The fourth-order valence-electron chi connectivity index (χ4n) is 2.20. The molecule has 1 saturated carbocycles. The van der Waals surface area contributed by atoms with E-state index in [1.54, 1.807) is 12.1 Å². The Morgan fingerprint density at radius 3 is 2.42 bits per heavy atom. The van der Waals surface area contributed by atoms with E-state index >= 15 is 0 Å². The second-order valence-corrected chi connectivity index (χ2v) is 6.52. The average molecular weight is 311 g/mol. The van der Waals surface area contributed by atoms with Gasteiger partial charge in [0.05, 0.1) is 17.2 Å². The van der Waals surface area contributed by atoms with E-state index in [0.29, 0.717) is 27.0 Å². The molecule has 0 heterocycles. The summed E-state index contributed by atoms with van der Waals surface area (Å²) in [5, 5.41) is 0.832. The maximum Gasteiger partial charge on any atom is 1.00 e. The molecule has 98 valence electrons. The van der Waals surface area contributed by atoms with E-state index in [2.05, 4.69) is 0 Å². The van der Waals surface area contributed by atoms with Crippen molar-refractivity contribution in [1.29, 1.82) is 0 Å². The molecule has 0 bridgehead atoms. The molecule has 1 fully saturated rings. The van der Waals surface area contributed by atoms with Gasteiger partial charge in [-0.15, -0.1) is 0 Å². The minimum atomic E-state index is 0. The molecule has 0 aromatic heterocycles. The summed E-state index contributed by atoms with van der Waals surface area (Å²) >= 11 is 12.1. The molecule has 0 spiro atoms. The zero-order valence-electron chi connectivity index (χ0n) is 11.1. The van der Waals surface area contributed by atoms with Gasteiger partial charge in [-0.05, 0) is 12.1 Å². The average Bonchev–Trinajstić information content (AvgIpc) is 2.84. The summed E-state index contributed by atoms with van der Waals surface area (Å²) < 4.78 is 5.20. The number of hydrogen-bond donors (Lipinski definition) is 0. The molecule has 0 saturated heterocycles. The Hall–Kier alpha value is 0.297. The fraction of sp³-hybridized carbons (Fsp3) is 0.462. The molecule has 1 aromatic rings. The van der Waals surface area contributed by atoms with Crippen LogP contribution < -0.4 is 23.6 Å². The third-order valence-corrected chi connectivity index (χ3v) is 5.05. The molecule has 1 aromatic carbocycles. The smallest absolute Gasteiger partial charge is 0.494 e. The van der Waals surface area contributed by atoms with E-state index in [9.17, 15) is 4.79 Å². The van der Waals surface area contributed by atoms with E-state index in [0.717, 1.165) is 21.4 Å². The molecular formula is C13H14Cl2LiO2P. The van der Waals surface area contributed by atoms with Gasteiger partial charge in [0.1, 0.15) is 5.75 Å². The Labute approximate surface area is 137 Å². The van der Waals surface area contributed by atoms with Crippen molar-refractivity contribution in [3.05, 3.63) is 27.7 Å². The van der Waals surface area contributed by atoms with Gasteiger partial charge < -0.3 is 18.1 Å². The van der Waals surface area contributed by atoms with E-state index < -0.39 is 0 Å². The summed E-state index contributed by atoms with van der Waals surface area (Å²) in [6, 6.07) is 3.29. The van der Waals surface area contributed by atoms with E-state index in [-0.39, 0.29) is 24.4 Å². The van der Waals surface area contributed by atoms with Gasteiger partial charge in [-0.25, -0.2) is 0 Å². The third-order valence-electron chi connectivity index (χ3n) is 3.10. The number of carbonyl (C=O) groups excluding carboxylic acids is 1. The Morgan fingerprint density at radius 1 is 1.26 bits per heavy atom. The van der Waals surface area contributed by atoms with Crippen LogP contribution in [0.25, 0.3) is 0 Å². The number of halogens is 2. The summed E-state index contributed by atoms with van der Waals surface area (Å²) in [5.74, 6) is 0.389. The third kappa shape index (κ3) is 4.13. The van der Waals surface area contributed by atoms with Gasteiger partial charge in [0, 0.05) is 11.1 Å². The molecule has 2 nitrogen and oxygen atoms in total. The zero-order valence-corrected chi connectivity index (χ0v) is 13.5. The summed E-state index contributed by atoms with van der Waals surface area (Å²) in [7, 11) is 2.31. The van der Waals surface area contributed by atoms with Gasteiger partial charge >= 0.3 is 18.9 Å². The normalized spacial score (nSPS) is 15.7. The second kappa shape index (κ2) is 7.92. The zero-order chi connectivity index (χ0) is 13.1. The van der Waals surface area contributed by atoms with Crippen molar-refractivity contribution in [1.82, 2.24) is 0 Å². The summed E-state index contributed by atoms with van der Waals surface area (Å²) in [6.45, 7) is 0. The predicted molar refractivity (Wildman–Crippen MR) is 76.5 cm³/mol. The van der Waals surface area contributed by atoms with Crippen molar-refractivity contribution >= 4 is 37.3 Å². The number of rotatable bonds is 4. The first-order valence-corrected chi connectivity index (χ1v) is 7.62. The maximum atomic E-state index is 12.3. The molecule has 0 atom stereocenters. The topological polar surface area (TPSA) is 26.3 Å². The molecule has 0 radical (unpaired) electrons. The molecule has 6 heteroatoms. The van der Waals surface area contributed by atoms with Gasteiger partial charge in [-0.1, -0.05) is 48.9 Å². The van der Waals surface area contributed by atoms with Crippen LogP contribution in [0.15, 0.2) is 12.1 Å². The van der Waals surface area contributed by atoms with Crippen LogP contribution in [-0.4, -0.2) is 18.3 Å². The van der Waals surface area contributed by atoms with Crippen LogP contribution in [0.2, 0.25) is 10.0 Å². The van der Waals surface area contributed by atoms with Gasteiger partial charge in [-0.3, -0.25) is 0 Å². The maximum absolute atomic E-state index is 12.3. The van der Waals surface area contributed by atoms with Crippen LogP contribution in [0, 0.1) is 0 Å². The number of carbonyl (C=O) groups is 1. The molecule has 2 rings (SSSR count). The Bertz CT molecular complexity index is 462. The molecule has 1 aliphatic carbocycles. The molecular weight excluding hydrogens is 297 g/mol. The van der Waals surface area contributed by atoms with Gasteiger partial charge in [-0.2, -0.15) is 5.66 Å². The Morgan fingerprint density at radius 2 is 1.84 bits per heavy atom. The van der Waals surface area contributed by atoms with Crippen molar-refractivity contribution in [2.24, 2.45) is 0 Å². The van der Waals surface area contributed by atoms with Crippen molar-refractivity contribution in [3.63, 3.8) is 0 Å². The van der Waals surface area contributed by atoms with E-state index in [1.165, 1.54) is 20.0 Å². The predicted octanol–water partition coefficient (Wildman–Crippen LogP) is 2.04. The number of ether oxygens (including phenoxy) is 1. The summed E-state index contributed by atoms with van der Waals surface area (Å²) in [6.07, 6.45) is 4.66. The molecule has 0 aliphatic heterocycles. The largest absolute Gasteiger partial charge is 1.00 e. The van der Waals surface area contributed by atoms with Gasteiger partial charge in [0.25, 0.3) is 0 Å². The van der Waals surface area contributed by atoms with Crippen LogP contribution in [-0.2, 0) is 0 Å². The molecule has 0 N–H and O–H groups in total. The van der Waals surface area contributed by atoms with Crippen LogP contribution >= 0.6 is 31.8 Å². The van der Waals surface area contributed by atoms with Crippen molar-refractivity contribution in [3.8, 4) is 5.75 Å². The SMILES string of the molecule is COc1c(Cl)ccc(Cl)c1C(=O)[P-]C1CCCC1.[Li+]. The molecule has 1 aliphatic rings. The van der Waals surface area contributed by atoms with E-state index in [1.807, 2.05) is 0 Å². The summed E-state index contributed by atoms with van der Waals surface area (Å²) in [4.78, 5) is 12.3. The minimum Gasteiger partial charge on any atom is -0.494 e. The van der Waals surface area contributed by atoms with Gasteiger partial charge in [0.15, 0.2) is 0 Å². The summed E-state index contributed by atoms with van der Waals surface area (Å²) in [5.41, 5.74) is 0.878. The van der Waals surface area contributed by atoms with Gasteiger partial charge in [0.2, 0.25) is 0 Å². The van der Waals surface area contributed by atoms with Crippen LogP contribution in [0.3, 0.4) is 0 Å². The molecule has 0 unspecified atom stereocenters. The number of methoxy groups -OCH3 is 1. The fourth-order valence-corrected chi connectivity index (χ4v) is 4.04. The van der Waals surface area contributed by atoms with Crippen molar-refractivity contribution < 1.29 is 28.4 Å². The van der Waals surface area contributed by atoms with Crippen LogP contribution in [0.1, 0.15) is 36.0 Å². The quantitative estimate of drug-likeness (QED) is 0.628. The first-order valence-electron chi connectivity index (χ1n) is 5.90. The monoisotopic (exact) mass is 310 g/mol. The standard InChI is InChI=1S/C13H14Cl2O2P.Li/c1-17-12-10(15)7-6-9(14)11(12)13(16)18-8-4-2-3-5-8;/h6-8H,2-5H2,1H3;/q-1;+1. The number of hydrogen-bond acceptors (Lipinski definition) is 2. The van der Waals surface area contributed by atoms with Crippen molar-refractivity contribution in [2.45, 2.75) is 31.3 Å². The Balaban J connectivity index is 0.00000180. The number of benzene rings is 1. The van der Waals surface area contributed by atoms with Crippen LogP contribution in [0.4, 0.5) is 0 Å². The van der Waals surface area contributed by atoms with Crippen LogP contribution in [0.5, 0.6) is 5.75 Å². The molecule has 19 heavy (non-hydrogen) atoms. The second-order valence-electron chi connectivity index (χ2n) is 4.31. The Kier molecular flexibility index (Phi) is 7.23. The molecule has 0 amide bonds. The van der Waals surface area contributed by atoms with Crippen molar-refractivity contribution in [2.75, 3.05) is 7.11 Å².